The Balaban J connectivity index is 2.10. The minimum Gasteiger partial charge on any atom is -0.494 e. The minimum absolute atomic E-state index is 0.278. The van der Waals surface area contributed by atoms with Gasteiger partial charge in [-0.25, -0.2) is 0 Å². The van der Waals surface area contributed by atoms with E-state index in [2.05, 4.69) is 20.9 Å². The lowest BCUT2D eigenvalue weighted by Crippen LogP contribution is -2.19. The molecule has 1 heterocycles. The molecule has 26 heavy (non-hydrogen) atoms. The van der Waals surface area contributed by atoms with Gasteiger partial charge in [0.15, 0.2) is 4.80 Å². The lowest BCUT2D eigenvalue weighted by atomic mass is 10.2. The number of fused-ring (bicyclic) bond motifs is 1. The van der Waals surface area contributed by atoms with Crippen LogP contribution in [0.4, 0.5) is 0 Å². The lowest BCUT2D eigenvalue weighted by Gasteiger charge is -2.06. The first kappa shape index (κ1) is 18.8. The number of amides is 1. The molecule has 3 rings (SSSR count). The van der Waals surface area contributed by atoms with E-state index in [1.807, 2.05) is 47.9 Å². The maximum Gasteiger partial charge on any atom is 0.280 e. The number of ether oxygens (including phenoxy) is 2. The van der Waals surface area contributed by atoms with Crippen LogP contribution in [0.1, 0.15) is 17.3 Å². The summed E-state index contributed by atoms with van der Waals surface area (Å²) in [7, 11) is 1.66. The number of carbonyl (C=O) groups is 1. The van der Waals surface area contributed by atoms with Crippen molar-refractivity contribution >= 4 is 43.4 Å². The van der Waals surface area contributed by atoms with Crippen LogP contribution in [0.3, 0.4) is 0 Å². The van der Waals surface area contributed by atoms with Crippen molar-refractivity contribution in [2.24, 2.45) is 4.99 Å². The van der Waals surface area contributed by atoms with E-state index in [0.29, 0.717) is 30.1 Å². The van der Waals surface area contributed by atoms with E-state index in [0.717, 1.165) is 20.4 Å². The van der Waals surface area contributed by atoms with E-state index in [1.54, 1.807) is 13.2 Å². The fourth-order valence-corrected chi connectivity index (χ4v) is 4.11. The van der Waals surface area contributed by atoms with Gasteiger partial charge in [0.1, 0.15) is 5.75 Å². The maximum atomic E-state index is 12.6. The molecule has 7 heteroatoms. The molecule has 2 aromatic carbocycles. The van der Waals surface area contributed by atoms with Crippen molar-refractivity contribution < 1.29 is 14.3 Å². The number of hydrogen-bond acceptors (Lipinski definition) is 4. The predicted molar refractivity (Wildman–Crippen MR) is 107 cm³/mol. The molecule has 136 valence electrons. The quantitative estimate of drug-likeness (QED) is 0.582. The molecule has 0 saturated carbocycles. The Hall–Kier alpha value is -1.96. The van der Waals surface area contributed by atoms with Gasteiger partial charge in [-0.2, -0.15) is 4.99 Å². The van der Waals surface area contributed by atoms with Gasteiger partial charge in [0.2, 0.25) is 0 Å². The van der Waals surface area contributed by atoms with Crippen molar-refractivity contribution in [3.8, 4) is 5.75 Å². The third-order valence-electron chi connectivity index (χ3n) is 3.79. The Labute approximate surface area is 164 Å². The second-order valence-electron chi connectivity index (χ2n) is 5.49. The van der Waals surface area contributed by atoms with Crippen LogP contribution in [0.25, 0.3) is 10.2 Å². The van der Waals surface area contributed by atoms with Crippen molar-refractivity contribution in [1.29, 1.82) is 0 Å². The van der Waals surface area contributed by atoms with Gasteiger partial charge in [-0.05, 0) is 53.2 Å². The number of aromatic nitrogens is 1. The number of rotatable bonds is 6. The monoisotopic (exact) mass is 434 g/mol. The highest BCUT2D eigenvalue weighted by Gasteiger charge is 2.12. The minimum atomic E-state index is -0.278. The number of methoxy groups -OCH3 is 1. The predicted octanol–water partition coefficient (Wildman–Crippen LogP) is 4.25. The molecule has 0 aliphatic rings. The molecular weight excluding hydrogens is 416 g/mol. The average molecular weight is 435 g/mol. The van der Waals surface area contributed by atoms with Crippen molar-refractivity contribution in [2.75, 3.05) is 20.3 Å². The van der Waals surface area contributed by atoms with Gasteiger partial charge in [0, 0.05) is 18.1 Å². The number of thiazole rings is 1. The van der Waals surface area contributed by atoms with Gasteiger partial charge in [-0.15, -0.1) is 0 Å². The lowest BCUT2D eigenvalue weighted by molar-refractivity contribution is 0.0996. The maximum absolute atomic E-state index is 12.6. The Morgan fingerprint density at radius 3 is 2.81 bits per heavy atom. The fourth-order valence-electron chi connectivity index (χ4n) is 2.58. The van der Waals surface area contributed by atoms with Gasteiger partial charge in [-0.3, -0.25) is 4.79 Å². The van der Waals surface area contributed by atoms with Crippen LogP contribution in [0.2, 0.25) is 0 Å². The summed E-state index contributed by atoms with van der Waals surface area (Å²) in [4.78, 5) is 17.7. The van der Waals surface area contributed by atoms with Gasteiger partial charge >= 0.3 is 0 Å². The number of halogens is 1. The standard InChI is InChI=1S/C19H19BrN2O3S/c1-3-25-13-8-9-16-17(12-13)26-19(22(16)10-11-24-2)21-18(23)14-6-4-5-7-15(14)20/h4-9,12H,3,10-11H2,1-2H3. The third kappa shape index (κ3) is 4.06. The van der Waals surface area contributed by atoms with Crippen molar-refractivity contribution in [1.82, 2.24) is 4.57 Å². The summed E-state index contributed by atoms with van der Waals surface area (Å²) in [6, 6.07) is 13.2. The first-order chi connectivity index (χ1) is 12.6. The molecule has 0 radical (unpaired) electrons. The molecule has 0 unspecified atom stereocenters. The Morgan fingerprint density at radius 1 is 1.27 bits per heavy atom. The highest BCUT2D eigenvalue weighted by Crippen LogP contribution is 2.24. The number of benzene rings is 2. The topological polar surface area (TPSA) is 52.8 Å². The van der Waals surface area contributed by atoms with Crippen LogP contribution >= 0.6 is 27.3 Å². The van der Waals surface area contributed by atoms with Crippen molar-refractivity contribution in [2.45, 2.75) is 13.5 Å². The van der Waals surface area contributed by atoms with Crippen LogP contribution in [0.15, 0.2) is 51.9 Å². The van der Waals surface area contributed by atoms with Gasteiger partial charge in [0.05, 0.1) is 29.0 Å². The summed E-state index contributed by atoms with van der Waals surface area (Å²) >= 11 is 4.88. The number of hydrogen-bond donors (Lipinski definition) is 0. The largest absolute Gasteiger partial charge is 0.494 e. The summed E-state index contributed by atoms with van der Waals surface area (Å²) in [6.07, 6.45) is 0. The van der Waals surface area contributed by atoms with Crippen LogP contribution in [0, 0.1) is 0 Å². The van der Waals surface area contributed by atoms with Crippen molar-refractivity contribution in [3.63, 3.8) is 0 Å². The van der Waals surface area contributed by atoms with Crippen LogP contribution in [-0.4, -0.2) is 30.8 Å². The molecule has 1 aromatic heterocycles. The summed E-state index contributed by atoms with van der Waals surface area (Å²) in [6.45, 7) is 3.72. The van der Waals surface area contributed by atoms with E-state index >= 15 is 0 Å². The third-order valence-corrected chi connectivity index (χ3v) is 5.52. The zero-order valence-corrected chi connectivity index (χ0v) is 17.0. The second-order valence-corrected chi connectivity index (χ2v) is 7.35. The highest BCUT2D eigenvalue weighted by molar-refractivity contribution is 9.10. The number of carbonyl (C=O) groups excluding carboxylic acids is 1. The number of nitrogens with zero attached hydrogens (tertiary/aromatic N) is 2. The molecule has 0 saturated heterocycles. The second kappa shape index (κ2) is 8.62. The fraction of sp³-hybridized carbons (Fsp3) is 0.263. The Kier molecular flexibility index (Phi) is 6.24. The molecule has 3 aromatic rings. The van der Waals surface area contributed by atoms with E-state index in [1.165, 1.54) is 11.3 Å². The first-order valence-electron chi connectivity index (χ1n) is 8.22. The molecule has 0 spiro atoms. The molecule has 5 nitrogen and oxygen atoms in total. The first-order valence-corrected chi connectivity index (χ1v) is 9.83. The molecule has 0 aliphatic heterocycles. The van der Waals surface area contributed by atoms with E-state index in [-0.39, 0.29) is 5.91 Å². The van der Waals surface area contributed by atoms with Gasteiger partial charge in [0.25, 0.3) is 5.91 Å². The van der Waals surface area contributed by atoms with Crippen molar-refractivity contribution in [3.05, 3.63) is 57.3 Å². The van der Waals surface area contributed by atoms with Gasteiger partial charge < -0.3 is 14.0 Å². The molecule has 0 aliphatic carbocycles. The summed E-state index contributed by atoms with van der Waals surface area (Å²) in [5, 5.41) is 0. The molecule has 0 N–H and O–H groups in total. The van der Waals surface area contributed by atoms with E-state index < -0.39 is 0 Å². The molecule has 0 atom stereocenters. The average Bonchev–Trinajstić information content (AvgIpc) is 2.96. The summed E-state index contributed by atoms with van der Waals surface area (Å²) in [5.41, 5.74) is 1.55. The normalized spacial score (nSPS) is 11.9. The Morgan fingerprint density at radius 2 is 2.08 bits per heavy atom. The van der Waals surface area contributed by atoms with Crippen LogP contribution < -0.4 is 9.54 Å². The summed E-state index contributed by atoms with van der Waals surface area (Å²) < 4.78 is 14.6. The zero-order valence-electron chi connectivity index (χ0n) is 14.6. The van der Waals surface area contributed by atoms with Gasteiger partial charge in [-0.1, -0.05) is 23.5 Å². The molecular formula is C19H19BrN2O3S. The highest BCUT2D eigenvalue weighted by atomic mass is 79.9. The zero-order chi connectivity index (χ0) is 18.5. The van der Waals surface area contributed by atoms with E-state index in [9.17, 15) is 4.79 Å². The SMILES string of the molecule is CCOc1ccc2c(c1)sc(=NC(=O)c1ccccc1Br)n2CCOC. The molecule has 0 fully saturated rings. The molecule has 0 bridgehead atoms. The van der Waals surface area contributed by atoms with E-state index in [4.69, 9.17) is 9.47 Å². The summed E-state index contributed by atoms with van der Waals surface area (Å²) in [5.74, 6) is 0.532. The smallest absolute Gasteiger partial charge is 0.280 e. The Bertz CT molecular complexity index is 994. The molecule has 1 amide bonds. The van der Waals surface area contributed by atoms with Crippen LogP contribution in [-0.2, 0) is 11.3 Å². The van der Waals surface area contributed by atoms with Crippen LogP contribution in [0.5, 0.6) is 5.75 Å².